The fraction of sp³-hybridized carbons (Fsp3) is 0.409. The zero-order valence-corrected chi connectivity index (χ0v) is 17.5. The van der Waals surface area contributed by atoms with Gasteiger partial charge in [-0.25, -0.2) is 4.39 Å². The average molecular weight is 415 g/mol. The Morgan fingerprint density at radius 3 is 2.47 bits per heavy atom. The number of aryl methyl sites for hydroxylation is 1. The van der Waals surface area contributed by atoms with Gasteiger partial charge in [0.15, 0.2) is 0 Å². The Morgan fingerprint density at radius 2 is 1.87 bits per heavy atom. The van der Waals surface area contributed by atoms with Crippen LogP contribution in [-0.2, 0) is 11.8 Å². The number of nitrogens with zero attached hydrogens (tertiary/aromatic N) is 1. The summed E-state index contributed by atoms with van der Waals surface area (Å²) in [5.41, 5.74) is 2.22. The van der Waals surface area contributed by atoms with E-state index in [-0.39, 0.29) is 17.6 Å². The van der Waals surface area contributed by atoms with Crippen molar-refractivity contribution in [1.29, 1.82) is 0 Å². The highest BCUT2D eigenvalue weighted by Crippen LogP contribution is 2.24. The summed E-state index contributed by atoms with van der Waals surface area (Å²) in [5.74, 6) is -2.28. The van der Waals surface area contributed by atoms with E-state index in [1.165, 1.54) is 22.8 Å². The van der Waals surface area contributed by atoms with Gasteiger partial charge < -0.3 is 20.3 Å². The highest BCUT2D eigenvalue weighted by Gasteiger charge is 2.31. The summed E-state index contributed by atoms with van der Waals surface area (Å²) >= 11 is 0. The van der Waals surface area contributed by atoms with Crippen LogP contribution in [0.2, 0.25) is 0 Å². The van der Waals surface area contributed by atoms with Gasteiger partial charge in [-0.15, -0.1) is 0 Å². The SMILES string of the molecule is Cc1cc(NC(=O)c2c(C)c(C(=O)C(=O)N[C@H]3CC[C@@H](O)C3)n(C)c2C)ccc1F. The number of hydrogen-bond acceptors (Lipinski definition) is 4. The molecule has 0 saturated heterocycles. The van der Waals surface area contributed by atoms with Crippen molar-refractivity contribution < 1.29 is 23.9 Å². The van der Waals surface area contributed by atoms with Crippen LogP contribution in [0.1, 0.15) is 56.9 Å². The number of halogens is 1. The second-order valence-corrected chi connectivity index (χ2v) is 7.88. The van der Waals surface area contributed by atoms with E-state index in [0.29, 0.717) is 47.3 Å². The molecule has 3 rings (SSSR count). The van der Waals surface area contributed by atoms with Crippen molar-refractivity contribution in [3.8, 4) is 0 Å². The molecule has 1 aliphatic rings. The van der Waals surface area contributed by atoms with Crippen LogP contribution in [0.4, 0.5) is 10.1 Å². The number of Topliss-reactive ketones (excluding diaryl/α,β-unsaturated/α-hetero) is 1. The van der Waals surface area contributed by atoms with E-state index in [9.17, 15) is 23.9 Å². The minimum Gasteiger partial charge on any atom is -0.393 e. The molecule has 1 saturated carbocycles. The lowest BCUT2D eigenvalue weighted by Gasteiger charge is -2.12. The number of ketones is 1. The molecule has 0 radical (unpaired) electrons. The van der Waals surface area contributed by atoms with E-state index in [1.54, 1.807) is 27.8 Å². The first-order valence-electron chi connectivity index (χ1n) is 9.86. The first-order valence-corrected chi connectivity index (χ1v) is 9.86. The van der Waals surface area contributed by atoms with Crippen molar-refractivity contribution in [3.05, 3.63) is 52.1 Å². The van der Waals surface area contributed by atoms with Crippen LogP contribution >= 0.6 is 0 Å². The summed E-state index contributed by atoms with van der Waals surface area (Å²) in [6, 6.07) is 4.02. The average Bonchev–Trinajstić information content (AvgIpc) is 3.18. The maximum absolute atomic E-state index is 13.5. The van der Waals surface area contributed by atoms with Crippen molar-refractivity contribution in [2.24, 2.45) is 7.05 Å². The second-order valence-electron chi connectivity index (χ2n) is 7.88. The van der Waals surface area contributed by atoms with Crippen molar-refractivity contribution in [3.63, 3.8) is 0 Å². The van der Waals surface area contributed by atoms with Gasteiger partial charge >= 0.3 is 0 Å². The maximum Gasteiger partial charge on any atom is 0.294 e. The molecule has 0 aliphatic heterocycles. The number of hydrogen-bond donors (Lipinski definition) is 3. The Hall–Kier alpha value is -3.00. The summed E-state index contributed by atoms with van der Waals surface area (Å²) in [6.07, 6.45) is 1.18. The van der Waals surface area contributed by atoms with Crippen LogP contribution in [0, 0.1) is 26.6 Å². The molecule has 1 aromatic heterocycles. The molecule has 0 unspecified atom stereocenters. The topological polar surface area (TPSA) is 100 Å². The molecular weight excluding hydrogens is 389 g/mol. The number of aliphatic hydroxyl groups is 1. The Kier molecular flexibility index (Phi) is 6.07. The molecule has 0 bridgehead atoms. The van der Waals surface area contributed by atoms with Crippen LogP contribution in [0.15, 0.2) is 18.2 Å². The predicted octanol–water partition coefficient (Wildman–Crippen LogP) is 2.55. The fourth-order valence-electron chi connectivity index (χ4n) is 4.00. The molecule has 30 heavy (non-hydrogen) atoms. The summed E-state index contributed by atoms with van der Waals surface area (Å²) in [6.45, 7) is 4.92. The summed E-state index contributed by atoms with van der Waals surface area (Å²) in [5, 5.41) is 15.0. The highest BCUT2D eigenvalue weighted by atomic mass is 19.1. The normalized spacial score (nSPS) is 18.3. The smallest absolute Gasteiger partial charge is 0.294 e. The second kappa shape index (κ2) is 8.39. The monoisotopic (exact) mass is 415 g/mol. The van der Waals surface area contributed by atoms with E-state index in [1.807, 2.05) is 0 Å². The summed E-state index contributed by atoms with van der Waals surface area (Å²) in [4.78, 5) is 38.2. The first-order chi connectivity index (χ1) is 14.1. The van der Waals surface area contributed by atoms with Crippen molar-refractivity contribution in [2.45, 2.75) is 52.2 Å². The van der Waals surface area contributed by atoms with Gasteiger partial charge in [0.05, 0.1) is 17.4 Å². The minimum atomic E-state index is -0.751. The third kappa shape index (κ3) is 4.14. The van der Waals surface area contributed by atoms with Gasteiger partial charge in [0.25, 0.3) is 17.6 Å². The third-order valence-corrected chi connectivity index (χ3v) is 5.73. The van der Waals surface area contributed by atoms with E-state index in [4.69, 9.17) is 0 Å². The molecule has 2 aromatic rings. The number of aromatic nitrogens is 1. The van der Waals surface area contributed by atoms with Crippen molar-refractivity contribution in [2.75, 3.05) is 5.32 Å². The van der Waals surface area contributed by atoms with Gasteiger partial charge in [-0.1, -0.05) is 0 Å². The number of amides is 2. The molecule has 3 N–H and O–H groups in total. The number of carbonyl (C=O) groups is 3. The van der Waals surface area contributed by atoms with Gasteiger partial charge in [-0.3, -0.25) is 14.4 Å². The molecule has 1 fully saturated rings. The summed E-state index contributed by atoms with van der Waals surface area (Å²) in [7, 11) is 1.63. The maximum atomic E-state index is 13.5. The summed E-state index contributed by atoms with van der Waals surface area (Å²) < 4.78 is 15.0. The van der Waals surface area contributed by atoms with Crippen LogP contribution < -0.4 is 10.6 Å². The lowest BCUT2D eigenvalue weighted by atomic mass is 10.1. The zero-order chi connectivity index (χ0) is 22.2. The fourth-order valence-corrected chi connectivity index (χ4v) is 4.00. The van der Waals surface area contributed by atoms with Crippen LogP contribution in [0.3, 0.4) is 0 Å². The molecule has 0 spiro atoms. The standard InChI is InChI=1S/C22H26FN3O4/c1-11-9-14(6-8-17(11)23)24-21(29)18-12(2)19(26(4)13(18)3)20(28)22(30)25-15-5-7-16(27)10-15/h6,8-9,15-16,27H,5,7,10H2,1-4H3,(H,24,29)(H,25,30)/t15-,16+/m0/s1. The minimum absolute atomic E-state index is 0.143. The molecule has 1 aromatic carbocycles. The van der Waals surface area contributed by atoms with Gasteiger partial charge in [0.2, 0.25) is 0 Å². The highest BCUT2D eigenvalue weighted by molar-refractivity contribution is 6.43. The van der Waals surface area contributed by atoms with Crippen molar-refractivity contribution in [1.82, 2.24) is 9.88 Å². The molecule has 8 heteroatoms. The Labute approximate surface area is 174 Å². The van der Waals surface area contributed by atoms with Gasteiger partial charge in [0.1, 0.15) is 5.82 Å². The van der Waals surface area contributed by atoms with Gasteiger partial charge in [0, 0.05) is 24.5 Å². The Bertz CT molecular complexity index is 1030. The quantitative estimate of drug-likeness (QED) is 0.516. The number of benzene rings is 1. The van der Waals surface area contributed by atoms with E-state index in [0.717, 1.165) is 0 Å². The number of rotatable bonds is 5. The Balaban J connectivity index is 1.83. The molecule has 1 aliphatic carbocycles. The van der Waals surface area contributed by atoms with E-state index in [2.05, 4.69) is 10.6 Å². The molecule has 2 amide bonds. The molecule has 7 nitrogen and oxygen atoms in total. The largest absolute Gasteiger partial charge is 0.393 e. The van der Waals surface area contributed by atoms with Crippen LogP contribution in [0.25, 0.3) is 0 Å². The lowest BCUT2D eigenvalue weighted by molar-refractivity contribution is -0.117. The lowest BCUT2D eigenvalue weighted by Crippen LogP contribution is -2.39. The zero-order valence-electron chi connectivity index (χ0n) is 17.5. The van der Waals surface area contributed by atoms with Crippen molar-refractivity contribution >= 4 is 23.3 Å². The molecule has 160 valence electrons. The van der Waals surface area contributed by atoms with Gasteiger partial charge in [-0.2, -0.15) is 0 Å². The van der Waals surface area contributed by atoms with Gasteiger partial charge in [-0.05, 0) is 69.4 Å². The number of nitrogens with one attached hydrogen (secondary N) is 2. The molecule has 2 atom stereocenters. The number of aliphatic hydroxyl groups excluding tert-OH is 1. The predicted molar refractivity (Wildman–Crippen MR) is 110 cm³/mol. The third-order valence-electron chi connectivity index (χ3n) is 5.73. The van der Waals surface area contributed by atoms with E-state index < -0.39 is 23.7 Å². The Morgan fingerprint density at radius 1 is 1.17 bits per heavy atom. The molecule has 1 heterocycles. The van der Waals surface area contributed by atoms with E-state index >= 15 is 0 Å². The van der Waals surface area contributed by atoms with Crippen LogP contribution in [-0.4, -0.2) is 39.4 Å². The number of carbonyl (C=O) groups excluding carboxylic acids is 3. The number of anilines is 1. The molecular formula is C22H26FN3O4. The first kappa shape index (κ1) is 21.7. The van der Waals surface area contributed by atoms with Crippen LogP contribution in [0.5, 0.6) is 0 Å².